The van der Waals surface area contributed by atoms with Gasteiger partial charge in [-0.2, -0.15) is 10.4 Å². The van der Waals surface area contributed by atoms with Gasteiger partial charge in [0.1, 0.15) is 12.0 Å². The van der Waals surface area contributed by atoms with Crippen molar-refractivity contribution in [3.8, 4) is 17.3 Å². The van der Waals surface area contributed by atoms with Gasteiger partial charge in [-0.05, 0) is 34.2 Å². The molecule has 3 heterocycles. The van der Waals surface area contributed by atoms with Crippen molar-refractivity contribution < 1.29 is 0 Å². The Labute approximate surface area is 142 Å². The summed E-state index contributed by atoms with van der Waals surface area (Å²) in [5, 5.41) is 14.8. The Hall–Kier alpha value is -2.25. The zero-order valence-electron chi connectivity index (χ0n) is 13.3. The van der Waals surface area contributed by atoms with E-state index in [4.69, 9.17) is 0 Å². The van der Waals surface area contributed by atoms with Crippen molar-refractivity contribution in [3.05, 3.63) is 31.0 Å². The fraction of sp³-hybridized carbons (Fsp3) is 0.412. The second kappa shape index (κ2) is 6.33. The molecular formula is C17H19N6P. The van der Waals surface area contributed by atoms with Gasteiger partial charge in [0.25, 0.3) is 0 Å². The average Bonchev–Trinajstić information content (AvgIpc) is 3.34. The SMILES string of the molecule is N#CC[C@@H](C1CCCC1)n1cc(-c2ncnc3c2ccn3P)cn1. The van der Waals surface area contributed by atoms with Crippen LogP contribution in [0.15, 0.2) is 31.0 Å². The fourth-order valence-electron chi connectivity index (χ4n) is 3.75. The molecule has 0 aromatic carbocycles. The molecule has 1 unspecified atom stereocenters. The third kappa shape index (κ3) is 2.59. The number of nitrogens with zero attached hydrogens (tertiary/aromatic N) is 6. The second-order valence-electron chi connectivity index (χ2n) is 6.37. The van der Waals surface area contributed by atoms with Crippen LogP contribution >= 0.6 is 9.39 Å². The second-order valence-corrected chi connectivity index (χ2v) is 6.92. The fourth-order valence-corrected chi connectivity index (χ4v) is 4.05. The van der Waals surface area contributed by atoms with E-state index in [0.29, 0.717) is 12.3 Å². The first-order chi connectivity index (χ1) is 11.8. The molecule has 6 nitrogen and oxygen atoms in total. The van der Waals surface area contributed by atoms with E-state index < -0.39 is 0 Å². The van der Waals surface area contributed by atoms with Crippen LogP contribution in [0.3, 0.4) is 0 Å². The van der Waals surface area contributed by atoms with Crippen LogP contribution in [0.5, 0.6) is 0 Å². The molecule has 0 radical (unpaired) electrons. The lowest BCUT2D eigenvalue weighted by molar-refractivity contribution is 0.315. The van der Waals surface area contributed by atoms with Gasteiger partial charge in [-0.25, -0.2) is 9.97 Å². The molecule has 0 bridgehead atoms. The topological polar surface area (TPSA) is 72.3 Å². The summed E-state index contributed by atoms with van der Waals surface area (Å²) in [6, 6.07) is 4.51. The maximum Gasteiger partial charge on any atom is 0.146 e. The Kier molecular flexibility index (Phi) is 4.03. The number of nitriles is 1. The van der Waals surface area contributed by atoms with E-state index in [1.165, 1.54) is 25.7 Å². The Balaban J connectivity index is 1.72. The average molecular weight is 338 g/mol. The summed E-state index contributed by atoms with van der Waals surface area (Å²) in [5.41, 5.74) is 2.73. The molecule has 1 saturated carbocycles. The Morgan fingerprint density at radius 1 is 1.33 bits per heavy atom. The molecule has 1 fully saturated rings. The van der Waals surface area contributed by atoms with Gasteiger partial charge in [-0.3, -0.25) is 4.68 Å². The lowest BCUT2D eigenvalue weighted by atomic mass is 9.96. The Morgan fingerprint density at radius 3 is 2.96 bits per heavy atom. The molecule has 3 aromatic heterocycles. The highest BCUT2D eigenvalue weighted by Gasteiger charge is 2.27. The summed E-state index contributed by atoms with van der Waals surface area (Å²) >= 11 is 0. The molecule has 4 rings (SSSR count). The molecule has 1 aliphatic carbocycles. The first kappa shape index (κ1) is 15.3. The van der Waals surface area contributed by atoms with E-state index >= 15 is 0 Å². The lowest BCUT2D eigenvalue weighted by Crippen LogP contribution is -2.17. The smallest absolute Gasteiger partial charge is 0.146 e. The molecule has 24 heavy (non-hydrogen) atoms. The minimum Gasteiger partial charge on any atom is -0.317 e. The van der Waals surface area contributed by atoms with Crippen LogP contribution in [0.25, 0.3) is 22.3 Å². The van der Waals surface area contributed by atoms with Crippen molar-refractivity contribution in [1.29, 1.82) is 5.26 Å². The number of fused-ring (bicyclic) bond motifs is 1. The van der Waals surface area contributed by atoms with E-state index in [9.17, 15) is 5.26 Å². The summed E-state index contributed by atoms with van der Waals surface area (Å²) < 4.78 is 3.88. The van der Waals surface area contributed by atoms with E-state index in [2.05, 4.69) is 30.5 Å². The zero-order chi connectivity index (χ0) is 16.5. The van der Waals surface area contributed by atoms with Gasteiger partial charge in [0.05, 0.1) is 30.4 Å². The van der Waals surface area contributed by atoms with Gasteiger partial charge in [0.2, 0.25) is 0 Å². The first-order valence-corrected chi connectivity index (χ1v) is 8.78. The predicted octanol–water partition coefficient (Wildman–Crippen LogP) is 3.58. The van der Waals surface area contributed by atoms with E-state index in [0.717, 1.165) is 22.3 Å². The van der Waals surface area contributed by atoms with Crippen LogP contribution in [0.4, 0.5) is 0 Å². The summed E-state index contributed by atoms with van der Waals surface area (Å²) in [7, 11) is 2.63. The van der Waals surface area contributed by atoms with Crippen LogP contribution < -0.4 is 0 Å². The number of hydrogen-bond donors (Lipinski definition) is 0. The third-order valence-electron chi connectivity index (χ3n) is 4.97. The molecule has 122 valence electrons. The summed E-state index contributed by atoms with van der Waals surface area (Å²) in [5.74, 6) is 0.552. The third-order valence-corrected chi connectivity index (χ3v) is 5.39. The normalized spacial score (nSPS) is 16.5. The van der Waals surface area contributed by atoms with Gasteiger partial charge in [-0.15, -0.1) is 0 Å². The minimum absolute atomic E-state index is 0.162. The molecule has 0 amide bonds. The highest BCUT2D eigenvalue weighted by Crippen LogP contribution is 2.36. The van der Waals surface area contributed by atoms with E-state index in [1.807, 2.05) is 33.7 Å². The largest absolute Gasteiger partial charge is 0.317 e. The van der Waals surface area contributed by atoms with E-state index in [-0.39, 0.29) is 6.04 Å². The predicted molar refractivity (Wildman–Crippen MR) is 95.1 cm³/mol. The van der Waals surface area contributed by atoms with Gasteiger partial charge >= 0.3 is 0 Å². The van der Waals surface area contributed by atoms with Crippen molar-refractivity contribution >= 4 is 20.4 Å². The molecule has 0 aliphatic heterocycles. The van der Waals surface area contributed by atoms with Crippen molar-refractivity contribution in [1.82, 2.24) is 24.1 Å². The maximum atomic E-state index is 9.21. The maximum absolute atomic E-state index is 9.21. The van der Waals surface area contributed by atoms with Crippen LogP contribution in [-0.2, 0) is 0 Å². The van der Waals surface area contributed by atoms with Crippen LogP contribution in [0.1, 0.15) is 38.1 Å². The van der Waals surface area contributed by atoms with Crippen LogP contribution in [-0.4, -0.2) is 24.1 Å². The van der Waals surface area contributed by atoms with Gasteiger partial charge < -0.3 is 4.34 Å². The molecule has 0 spiro atoms. The monoisotopic (exact) mass is 338 g/mol. The van der Waals surface area contributed by atoms with Crippen molar-refractivity contribution in [2.75, 3.05) is 0 Å². The zero-order valence-corrected chi connectivity index (χ0v) is 14.5. The summed E-state index contributed by atoms with van der Waals surface area (Å²) in [6.07, 6.45) is 12.8. The lowest BCUT2D eigenvalue weighted by Gasteiger charge is -2.21. The summed E-state index contributed by atoms with van der Waals surface area (Å²) in [6.45, 7) is 0. The quantitative estimate of drug-likeness (QED) is 0.682. The molecular weight excluding hydrogens is 319 g/mol. The van der Waals surface area contributed by atoms with Crippen molar-refractivity contribution in [2.45, 2.75) is 38.1 Å². The summed E-state index contributed by atoms with van der Waals surface area (Å²) in [4.78, 5) is 8.78. The molecule has 7 heteroatoms. The number of rotatable bonds is 4. The molecule has 0 N–H and O–H groups in total. The van der Waals surface area contributed by atoms with Crippen molar-refractivity contribution in [3.63, 3.8) is 0 Å². The first-order valence-electron chi connectivity index (χ1n) is 8.26. The van der Waals surface area contributed by atoms with Crippen molar-refractivity contribution in [2.24, 2.45) is 5.92 Å². The van der Waals surface area contributed by atoms with Gasteiger partial charge in [-0.1, -0.05) is 12.8 Å². The van der Waals surface area contributed by atoms with E-state index in [1.54, 1.807) is 6.33 Å². The minimum atomic E-state index is 0.162. The molecule has 3 aromatic rings. The number of aromatic nitrogens is 5. The molecule has 0 saturated heterocycles. The Bertz CT molecular complexity index is 899. The molecule has 1 aliphatic rings. The van der Waals surface area contributed by atoms with Crippen LogP contribution in [0.2, 0.25) is 0 Å². The Morgan fingerprint density at radius 2 is 2.17 bits per heavy atom. The highest BCUT2D eigenvalue weighted by atomic mass is 31.0. The van der Waals surface area contributed by atoms with Crippen LogP contribution in [0, 0.1) is 17.2 Å². The van der Waals surface area contributed by atoms with Gasteiger partial charge in [0, 0.05) is 23.3 Å². The standard InChI is InChI=1S/C17H19N6P/c18-7-5-15(12-3-1-2-4-12)22-10-13(9-21-22)16-14-6-8-23(24)17(14)20-11-19-16/h6,8-12,15H,1-5,24H2/t15-/m0/s1. The van der Waals surface area contributed by atoms with Gasteiger partial charge in [0.15, 0.2) is 0 Å². The highest BCUT2D eigenvalue weighted by molar-refractivity contribution is 7.14. The molecule has 2 atom stereocenters. The number of hydrogen-bond acceptors (Lipinski definition) is 4.